The number of ether oxygens (including phenoxy) is 4. The van der Waals surface area contributed by atoms with Crippen LogP contribution in [0.5, 0.6) is 23.0 Å². The summed E-state index contributed by atoms with van der Waals surface area (Å²) in [6, 6.07) is 24.0. The monoisotopic (exact) mass is 586 g/mol. The van der Waals surface area contributed by atoms with Gasteiger partial charge >= 0.3 is 0 Å². The van der Waals surface area contributed by atoms with Crippen molar-refractivity contribution < 1.29 is 27.8 Å². The van der Waals surface area contributed by atoms with E-state index in [0.29, 0.717) is 78.7 Å². The number of hydrogen-bond acceptors (Lipinski definition) is 8. The molecule has 6 aromatic rings. The topological polar surface area (TPSA) is 97.3 Å². The summed E-state index contributed by atoms with van der Waals surface area (Å²) in [6.45, 7) is 0. The Morgan fingerprint density at radius 2 is 0.909 bits per heavy atom. The normalized spacial score (nSPS) is 10.7. The number of methoxy groups -OCH3 is 4. The highest BCUT2D eigenvalue weighted by Gasteiger charge is 2.14. The van der Waals surface area contributed by atoms with Gasteiger partial charge in [-0.2, -0.15) is 0 Å². The lowest BCUT2D eigenvalue weighted by atomic mass is 10.0. The maximum absolute atomic E-state index is 13.0. The molecule has 4 aromatic carbocycles. The van der Waals surface area contributed by atoms with Crippen molar-refractivity contribution in [3.8, 4) is 57.5 Å². The Hall–Kier alpha value is -5.94. The van der Waals surface area contributed by atoms with E-state index in [2.05, 4.69) is 11.8 Å². The van der Waals surface area contributed by atoms with E-state index in [9.17, 15) is 9.59 Å². The quantitative estimate of drug-likeness (QED) is 0.200. The minimum atomic E-state index is -0.220. The molecule has 6 rings (SSSR count). The van der Waals surface area contributed by atoms with Crippen LogP contribution in [0.4, 0.5) is 0 Å². The Bertz CT molecular complexity index is 2070. The van der Waals surface area contributed by atoms with Gasteiger partial charge in [0.05, 0.1) is 39.6 Å². The second-order valence-corrected chi connectivity index (χ2v) is 9.70. The molecule has 44 heavy (non-hydrogen) atoms. The van der Waals surface area contributed by atoms with Gasteiger partial charge in [0.2, 0.25) is 0 Å². The summed E-state index contributed by atoms with van der Waals surface area (Å²) in [5.41, 5.74) is 2.80. The van der Waals surface area contributed by atoms with Crippen molar-refractivity contribution in [2.75, 3.05) is 28.4 Å². The summed E-state index contributed by atoms with van der Waals surface area (Å²) < 4.78 is 34.0. The van der Waals surface area contributed by atoms with E-state index in [1.807, 2.05) is 0 Å². The number of fused-ring (bicyclic) bond motifs is 2. The van der Waals surface area contributed by atoms with Crippen molar-refractivity contribution in [2.45, 2.75) is 0 Å². The van der Waals surface area contributed by atoms with Crippen molar-refractivity contribution in [1.29, 1.82) is 0 Å². The summed E-state index contributed by atoms with van der Waals surface area (Å²) in [5, 5.41) is 0.751. The Kier molecular flexibility index (Phi) is 7.52. The lowest BCUT2D eigenvalue weighted by Gasteiger charge is -2.09. The maximum atomic E-state index is 13.0. The minimum Gasteiger partial charge on any atom is -0.496 e. The summed E-state index contributed by atoms with van der Waals surface area (Å²) in [6.07, 6.45) is 0. The van der Waals surface area contributed by atoms with E-state index in [-0.39, 0.29) is 10.9 Å². The summed E-state index contributed by atoms with van der Waals surface area (Å²) in [7, 11) is 6.13. The fourth-order valence-electron chi connectivity index (χ4n) is 5.03. The van der Waals surface area contributed by atoms with Crippen LogP contribution in [-0.2, 0) is 0 Å². The zero-order valence-electron chi connectivity index (χ0n) is 24.3. The third-order valence-electron chi connectivity index (χ3n) is 7.17. The molecule has 2 heterocycles. The molecule has 0 saturated carbocycles. The number of benzene rings is 4. The van der Waals surface area contributed by atoms with E-state index in [1.54, 1.807) is 87.0 Å². The van der Waals surface area contributed by atoms with Crippen LogP contribution in [0.3, 0.4) is 0 Å². The predicted octanol–water partition coefficient (Wildman–Crippen LogP) is 6.67. The van der Waals surface area contributed by atoms with Crippen LogP contribution in [0.15, 0.2) is 103 Å². The third kappa shape index (κ3) is 5.12. The predicted molar refractivity (Wildman–Crippen MR) is 168 cm³/mol. The average Bonchev–Trinajstić information content (AvgIpc) is 3.06. The molecule has 8 heteroatoms. The van der Waals surface area contributed by atoms with Crippen LogP contribution in [-0.4, -0.2) is 28.4 Å². The van der Waals surface area contributed by atoms with Crippen LogP contribution in [0, 0.1) is 11.8 Å². The molecule has 0 aliphatic heterocycles. The Balaban J connectivity index is 1.42. The van der Waals surface area contributed by atoms with Gasteiger partial charge in [0.15, 0.2) is 10.9 Å². The third-order valence-corrected chi connectivity index (χ3v) is 7.17. The largest absolute Gasteiger partial charge is 0.496 e. The molecule has 0 unspecified atom stereocenters. The van der Waals surface area contributed by atoms with Gasteiger partial charge in [-0.15, -0.1) is 0 Å². The molecule has 0 bridgehead atoms. The minimum absolute atomic E-state index is 0.220. The molecule has 0 fully saturated rings. The Morgan fingerprint density at radius 3 is 1.30 bits per heavy atom. The highest BCUT2D eigenvalue weighted by atomic mass is 16.5. The van der Waals surface area contributed by atoms with Crippen LogP contribution >= 0.6 is 0 Å². The number of hydrogen-bond donors (Lipinski definition) is 0. The molecule has 0 aliphatic carbocycles. The lowest BCUT2D eigenvalue weighted by molar-refractivity contribution is 0.413. The van der Waals surface area contributed by atoms with E-state index < -0.39 is 0 Å². The van der Waals surface area contributed by atoms with Gasteiger partial charge in [-0.3, -0.25) is 9.59 Å². The molecular formula is C36H26O8. The first kappa shape index (κ1) is 28.2. The molecular weight excluding hydrogens is 560 g/mol. The van der Waals surface area contributed by atoms with Gasteiger partial charge in [-0.1, -0.05) is 24.0 Å². The fourth-order valence-corrected chi connectivity index (χ4v) is 5.03. The maximum Gasteiger partial charge on any atom is 0.197 e. The molecule has 0 atom stereocenters. The summed E-state index contributed by atoms with van der Waals surface area (Å²) >= 11 is 0. The van der Waals surface area contributed by atoms with Crippen molar-refractivity contribution in [1.82, 2.24) is 0 Å². The molecule has 0 amide bonds. The van der Waals surface area contributed by atoms with Crippen molar-refractivity contribution in [3.05, 3.63) is 117 Å². The van der Waals surface area contributed by atoms with E-state index >= 15 is 0 Å². The molecule has 0 N–H and O–H groups in total. The standard InChI is InChI=1S/C36H26O8/c1-39-27-15-13-23(33-19-25(37)35-29(41-3)7-5-9-31(35)43-33)17-21(27)11-12-22-18-24(14-16-28(22)40-2)34-20-26(38)36-30(42-4)8-6-10-32(36)44-34/h5-10,13-20H,1-4H3. The average molecular weight is 587 g/mol. The van der Waals surface area contributed by atoms with Gasteiger partial charge in [0.1, 0.15) is 56.5 Å². The van der Waals surface area contributed by atoms with Crippen LogP contribution in [0.1, 0.15) is 11.1 Å². The Morgan fingerprint density at radius 1 is 0.500 bits per heavy atom. The van der Waals surface area contributed by atoms with Crippen LogP contribution in [0.2, 0.25) is 0 Å². The zero-order valence-corrected chi connectivity index (χ0v) is 24.3. The summed E-state index contributed by atoms with van der Waals surface area (Å²) in [4.78, 5) is 26.0. The molecule has 0 spiro atoms. The second kappa shape index (κ2) is 11.7. The molecule has 0 radical (unpaired) electrons. The Labute approximate surface area is 252 Å². The smallest absolute Gasteiger partial charge is 0.197 e. The molecule has 2 aromatic heterocycles. The SMILES string of the molecule is COc1ccc(-c2cc(=O)c3c(OC)cccc3o2)cc1C#Cc1cc(-c2cc(=O)c3c(OC)cccc3o2)ccc1OC. The van der Waals surface area contributed by atoms with Gasteiger partial charge < -0.3 is 27.8 Å². The first-order valence-electron chi connectivity index (χ1n) is 13.5. The fraction of sp³-hybridized carbons (Fsp3) is 0.111. The molecule has 218 valence electrons. The lowest BCUT2D eigenvalue weighted by Crippen LogP contribution is -2.02. The second-order valence-electron chi connectivity index (χ2n) is 9.70. The first-order valence-corrected chi connectivity index (χ1v) is 13.5. The van der Waals surface area contributed by atoms with Crippen molar-refractivity contribution in [3.63, 3.8) is 0 Å². The van der Waals surface area contributed by atoms with Crippen molar-refractivity contribution in [2.24, 2.45) is 0 Å². The summed E-state index contributed by atoms with van der Waals surface area (Å²) in [5.74, 6) is 9.06. The highest BCUT2D eigenvalue weighted by Crippen LogP contribution is 2.32. The van der Waals surface area contributed by atoms with E-state index in [0.717, 1.165) is 0 Å². The van der Waals surface area contributed by atoms with Crippen LogP contribution < -0.4 is 29.8 Å². The highest BCUT2D eigenvalue weighted by molar-refractivity contribution is 5.86. The number of rotatable bonds is 6. The zero-order chi connectivity index (χ0) is 30.8. The molecule has 0 saturated heterocycles. The molecule has 8 nitrogen and oxygen atoms in total. The van der Waals surface area contributed by atoms with Crippen LogP contribution in [0.25, 0.3) is 44.6 Å². The van der Waals surface area contributed by atoms with Gasteiger partial charge in [0.25, 0.3) is 0 Å². The van der Waals surface area contributed by atoms with E-state index in [4.69, 9.17) is 27.8 Å². The first-order chi connectivity index (χ1) is 21.4. The van der Waals surface area contributed by atoms with Gasteiger partial charge in [0, 0.05) is 23.3 Å². The molecule has 0 aliphatic rings. The van der Waals surface area contributed by atoms with Crippen molar-refractivity contribution >= 4 is 21.9 Å². The van der Waals surface area contributed by atoms with E-state index in [1.165, 1.54) is 26.4 Å². The van der Waals surface area contributed by atoms with Gasteiger partial charge in [-0.25, -0.2) is 0 Å². The van der Waals surface area contributed by atoms with Gasteiger partial charge in [-0.05, 0) is 60.7 Å².